The predicted octanol–water partition coefficient (Wildman–Crippen LogP) is 4.97. The van der Waals surface area contributed by atoms with Gasteiger partial charge < -0.3 is 4.74 Å². The van der Waals surface area contributed by atoms with Crippen molar-refractivity contribution in [1.29, 1.82) is 0 Å². The first-order chi connectivity index (χ1) is 15.5. The Hall–Kier alpha value is -2.09. The monoisotopic (exact) mass is 454 g/mol. The summed E-state index contributed by atoms with van der Waals surface area (Å²) in [6, 6.07) is 10.4. The molecule has 0 bridgehead atoms. The Bertz CT molecular complexity index is 1070. The molecular weight excluding hydrogens is 420 g/mol. The average Bonchev–Trinajstić information content (AvgIpc) is 3.23. The molecule has 6 nitrogen and oxygen atoms in total. The molecule has 1 aromatic carbocycles. The van der Waals surface area contributed by atoms with E-state index in [1.807, 2.05) is 0 Å². The third-order valence-electron chi connectivity index (χ3n) is 6.32. The quantitative estimate of drug-likeness (QED) is 0.457. The van der Waals surface area contributed by atoms with E-state index in [9.17, 15) is 4.79 Å². The molecule has 4 rings (SSSR count). The summed E-state index contributed by atoms with van der Waals surface area (Å²) in [5.74, 6) is 1.00. The Morgan fingerprint density at radius 3 is 2.59 bits per heavy atom. The lowest BCUT2D eigenvalue weighted by Crippen LogP contribution is -2.28. The van der Waals surface area contributed by atoms with Crippen LogP contribution in [0, 0.1) is 0 Å². The van der Waals surface area contributed by atoms with E-state index in [0.717, 1.165) is 23.8 Å². The van der Waals surface area contributed by atoms with Crippen LogP contribution in [-0.2, 0) is 17.8 Å². The molecule has 1 aliphatic rings. The van der Waals surface area contributed by atoms with Gasteiger partial charge in [-0.1, -0.05) is 68.7 Å². The largest absolute Gasteiger partial charge is 0.383 e. The highest BCUT2D eigenvalue weighted by atomic mass is 32.1. The van der Waals surface area contributed by atoms with Gasteiger partial charge in [0.15, 0.2) is 0 Å². The SMILES string of the molecule is COCCN(Cc1ccc(C(C)C)cc1)Cc1cc(=O)n2nc(C3CCCCC3)sc2n1. The standard InChI is InChI=1S/C25H34N4O2S/c1-18(2)20-11-9-19(10-12-20)16-28(13-14-31-3)17-22-15-23(30)29-25(26-22)32-24(27-29)21-7-5-4-6-8-21/h9-12,15,18,21H,4-8,13-14,16-17H2,1-3H3. The maximum Gasteiger partial charge on any atom is 0.275 e. The second kappa shape index (κ2) is 10.7. The molecule has 2 heterocycles. The Morgan fingerprint density at radius 1 is 1.16 bits per heavy atom. The first-order valence-corrected chi connectivity index (χ1v) is 12.5. The number of methoxy groups -OCH3 is 1. The normalized spacial score (nSPS) is 15.3. The molecule has 1 fully saturated rings. The zero-order valence-corrected chi connectivity index (χ0v) is 20.2. The first kappa shape index (κ1) is 23.1. The molecular formula is C25H34N4O2S. The van der Waals surface area contributed by atoms with Gasteiger partial charge in [-0.2, -0.15) is 9.61 Å². The number of ether oxygens (including phenoxy) is 1. The van der Waals surface area contributed by atoms with E-state index in [2.05, 4.69) is 48.1 Å². The summed E-state index contributed by atoms with van der Waals surface area (Å²) in [4.78, 5) is 20.6. The maximum atomic E-state index is 12.8. The highest BCUT2D eigenvalue weighted by Crippen LogP contribution is 2.34. The van der Waals surface area contributed by atoms with Gasteiger partial charge in [0.1, 0.15) is 5.01 Å². The highest BCUT2D eigenvalue weighted by molar-refractivity contribution is 7.16. The number of rotatable bonds is 9. The second-order valence-corrected chi connectivity index (χ2v) is 10.1. The smallest absolute Gasteiger partial charge is 0.275 e. The molecule has 2 aromatic heterocycles. The van der Waals surface area contributed by atoms with Gasteiger partial charge in [-0.05, 0) is 29.9 Å². The van der Waals surface area contributed by atoms with E-state index < -0.39 is 0 Å². The Kier molecular flexibility index (Phi) is 7.71. The molecule has 32 heavy (non-hydrogen) atoms. The third kappa shape index (κ3) is 5.63. The molecule has 0 N–H and O–H groups in total. The van der Waals surface area contributed by atoms with Crippen LogP contribution in [0.15, 0.2) is 35.1 Å². The predicted molar refractivity (Wildman–Crippen MR) is 129 cm³/mol. The average molecular weight is 455 g/mol. The van der Waals surface area contributed by atoms with Crippen LogP contribution in [0.1, 0.15) is 79.6 Å². The third-order valence-corrected chi connectivity index (χ3v) is 7.39. The zero-order chi connectivity index (χ0) is 22.5. The van der Waals surface area contributed by atoms with Gasteiger partial charge in [0.2, 0.25) is 4.96 Å². The van der Waals surface area contributed by atoms with Crippen molar-refractivity contribution in [2.45, 2.75) is 70.9 Å². The van der Waals surface area contributed by atoms with Crippen molar-refractivity contribution < 1.29 is 4.74 Å². The van der Waals surface area contributed by atoms with E-state index in [-0.39, 0.29) is 5.56 Å². The van der Waals surface area contributed by atoms with Crippen LogP contribution in [0.2, 0.25) is 0 Å². The van der Waals surface area contributed by atoms with Crippen molar-refractivity contribution in [2.24, 2.45) is 0 Å². The topological polar surface area (TPSA) is 59.7 Å². The fourth-order valence-corrected chi connectivity index (χ4v) is 5.49. The Labute approximate surface area is 194 Å². The van der Waals surface area contributed by atoms with Crippen LogP contribution in [-0.4, -0.2) is 39.8 Å². The number of fused-ring (bicyclic) bond motifs is 1. The van der Waals surface area contributed by atoms with E-state index in [4.69, 9.17) is 9.72 Å². The van der Waals surface area contributed by atoms with Crippen molar-refractivity contribution in [3.63, 3.8) is 0 Å². The van der Waals surface area contributed by atoms with Crippen LogP contribution in [0.25, 0.3) is 4.96 Å². The van der Waals surface area contributed by atoms with Crippen molar-refractivity contribution in [1.82, 2.24) is 19.5 Å². The van der Waals surface area contributed by atoms with Gasteiger partial charge in [-0.15, -0.1) is 0 Å². The van der Waals surface area contributed by atoms with Crippen LogP contribution < -0.4 is 5.56 Å². The number of hydrogen-bond acceptors (Lipinski definition) is 6. The van der Waals surface area contributed by atoms with Gasteiger partial charge in [-0.3, -0.25) is 9.69 Å². The highest BCUT2D eigenvalue weighted by Gasteiger charge is 2.21. The van der Waals surface area contributed by atoms with Crippen LogP contribution in [0.4, 0.5) is 0 Å². The minimum atomic E-state index is -0.0868. The van der Waals surface area contributed by atoms with Crippen molar-refractivity contribution in [3.8, 4) is 0 Å². The minimum Gasteiger partial charge on any atom is -0.383 e. The maximum absolute atomic E-state index is 12.8. The molecule has 0 atom stereocenters. The lowest BCUT2D eigenvalue weighted by Gasteiger charge is -2.22. The Morgan fingerprint density at radius 2 is 1.91 bits per heavy atom. The fourth-order valence-electron chi connectivity index (χ4n) is 4.40. The molecule has 0 amide bonds. The first-order valence-electron chi connectivity index (χ1n) is 11.7. The second-order valence-electron chi connectivity index (χ2n) is 9.16. The van der Waals surface area contributed by atoms with Gasteiger partial charge in [0.25, 0.3) is 5.56 Å². The summed E-state index contributed by atoms with van der Waals surface area (Å²) in [5, 5.41) is 5.69. The van der Waals surface area contributed by atoms with E-state index >= 15 is 0 Å². The summed E-state index contributed by atoms with van der Waals surface area (Å²) in [5.41, 5.74) is 3.30. The van der Waals surface area contributed by atoms with Crippen molar-refractivity contribution >= 4 is 16.3 Å². The number of aromatic nitrogens is 3. The van der Waals surface area contributed by atoms with Crippen LogP contribution >= 0.6 is 11.3 Å². The summed E-state index contributed by atoms with van der Waals surface area (Å²) in [6.45, 7) is 7.23. The van der Waals surface area contributed by atoms with Gasteiger partial charge >= 0.3 is 0 Å². The minimum absolute atomic E-state index is 0.0868. The lowest BCUT2D eigenvalue weighted by atomic mass is 9.90. The van der Waals surface area contributed by atoms with Gasteiger partial charge in [0.05, 0.1) is 12.3 Å². The molecule has 0 spiro atoms. The molecule has 1 aliphatic carbocycles. The molecule has 172 valence electrons. The van der Waals surface area contributed by atoms with Crippen molar-refractivity contribution in [2.75, 3.05) is 20.3 Å². The van der Waals surface area contributed by atoms with E-state index in [1.165, 1.54) is 47.7 Å². The van der Waals surface area contributed by atoms with Gasteiger partial charge in [0, 0.05) is 38.7 Å². The van der Waals surface area contributed by atoms with E-state index in [1.54, 1.807) is 24.5 Å². The van der Waals surface area contributed by atoms with Crippen LogP contribution in [0.3, 0.4) is 0 Å². The van der Waals surface area contributed by atoms with Crippen molar-refractivity contribution in [3.05, 3.63) is 62.5 Å². The number of nitrogens with zero attached hydrogens (tertiary/aromatic N) is 4. The van der Waals surface area contributed by atoms with Crippen LogP contribution in [0.5, 0.6) is 0 Å². The summed E-state index contributed by atoms with van der Waals surface area (Å²) >= 11 is 1.58. The summed E-state index contributed by atoms with van der Waals surface area (Å²) in [6.07, 6.45) is 6.15. The molecule has 0 aliphatic heterocycles. The molecule has 1 saturated carbocycles. The molecule has 0 saturated heterocycles. The molecule has 7 heteroatoms. The number of benzene rings is 1. The molecule has 0 radical (unpaired) electrons. The Balaban J connectivity index is 1.52. The van der Waals surface area contributed by atoms with E-state index in [0.29, 0.717) is 29.9 Å². The van der Waals surface area contributed by atoms with Gasteiger partial charge in [-0.25, -0.2) is 4.98 Å². The fraction of sp³-hybridized carbons (Fsp3) is 0.560. The molecule has 3 aromatic rings. The summed E-state index contributed by atoms with van der Waals surface area (Å²) in [7, 11) is 1.72. The lowest BCUT2D eigenvalue weighted by molar-refractivity contribution is 0.139. The number of hydrogen-bond donors (Lipinski definition) is 0. The zero-order valence-electron chi connectivity index (χ0n) is 19.4. The summed E-state index contributed by atoms with van der Waals surface area (Å²) < 4.78 is 6.82. The molecule has 0 unspecified atom stereocenters.